The Balaban J connectivity index is 2.10. The fraction of sp³-hybridized carbons (Fsp3) is 0.136. The number of ketones is 1. The highest BCUT2D eigenvalue weighted by atomic mass is 16.5. The molecule has 6 nitrogen and oxygen atoms in total. The Morgan fingerprint density at radius 1 is 1.07 bits per heavy atom. The maximum atomic E-state index is 12.8. The standard InChI is InChI=1S/C22H19NO5/c1-2-28-22(27)20(25)12-19(24)17-14-23(13-15-8-4-3-5-9-15)18-11-7-6-10-16(18)21(17)26/h3-12,14,24H,2,13H2,1H3/b19-12-. The monoisotopic (exact) mass is 377 g/mol. The van der Waals surface area contributed by atoms with E-state index in [0.717, 1.165) is 11.6 Å². The van der Waals surface area contributed by atoms with E-state index in [1.54, 1.807) is 19.1 Å². The Bertz CT molecular complexity index is 1110. The van der Waals surface area contributed by atoms with Gasteiger partial charge in [-0.3, -0.25) is 9.59 Å². The van der Waals surface area contributed by atoms with Gasteiger partial charge in [-0.1, -0.05) is 42.5 Å². The summed E-state index contributed by atoms with van der Waals surface area (Å²) in [6, 6.07) is 16.7. The summed E-state index contributed by atoms with van der Waals surface area (Å²) >= 11 is 0. The minimum Gasteiger partial charge on any atom is -0.507 e. The van der Waals surface area contributed by atoms with Crippen molar-refractivity contribution in [1.29, 1.82) is 0 Å². The molecule has 0 aliphatic heterocycles. The molecule has 0 saturated heterocycles. The first-order valence-corrected chi connectivity index (χ1v) is 8.79. The number of para-hydroxylation sites is 1. The Kier molecular flexibility index (Phi) is 5.69. The zero-order valence-corrected chi connectivity index (χ0v) is 15.3. The van der Waals surface area contributed by atoms with E-state index in [0.29, 0.717) is 17.4 Å². The lowest BCUT2D eigenvalue weighted by atomic mass is 10.1. The van der Waals surface area contributed by atoms with Crippen LogP contribution in [0.25, 0.3) is 16.7 Å². The number of hydrogen-bond acceptors (Lipinski definition) is 5. The molecule has 0 aliphatic rings. The van der Waals surface area contributed by atoms with E-state index >= 15 is 0 Å². The van der Waals surface area contributed by atoms with Crippen molar-refractivity contribution in [2.45, 2.75) is 13.5 Å². The van der Waals surface area contributed by atoms with Crippen molar-refractivity contribution in [3.8, 4) is 0 Å². The second-order valence-electron chi connectivity index (χ2n) is 6.12. The van der Waals surface area contributed by atoms with Gasteiger partial charge in [0.25, 0.3) is 5.78 Å². The van der Waals surface area contributed by atoms with Crippen LogP contribution in [-0.4, -0.2) is 28.0 Å². The molecule has 28 heavy (non-hydrogen) atoms. The van der Waals surface area contributed by atoms with Gasteiger partial charge in [-0.15, -0.1) is 0 Å². The number of aliphatic hydroxyl groups excluding tert-OH is 1. The van der Waals surface area contributed by atoms with Crippen LogP contribution in [0.3, 0.4) is 0 Å². The largest absolute Gasteiger partial charge is 0.507 e. The molecule has 0 bridgehead atoms. The quantitative estimate of drug-likeness (QED) is 0.309. The number of rotatable bonds is 6. The maximum absolute atomic E-state index is 12.8. The van der Waals surface area contributed by atoms with Crippen LogP contribution in [0.1, 0.15) is 18.1 Å². The number of esters is 1. The molecule has 0 amide bonds. The van der Waals surface area contributed by atoms with E-state index in [4.69, 9.17) is 0 Å². The van der Waals surface area contributed by atoms with Crippen molar-refractivity contribution >= 4 is 28.4 Å². The van der Waals surface area contributed by atoms with Gasteiger partial charge in [0.1, 0.15) is 5.76 Å². The molecule has 3 rings (SSSR count). The number of fused-ring (bicyclic) bond motifs is 1. The van der Waals surface area contributed by atoms with E-state index < -0.39 is 22.9 Å². The van der Waals surface area contributed by atoms with Gasteiger partial charge in [-0.05, 0) is 24.6 Å². The Hall–Kier alpha value is -3.67. The highest BCUT2D eigenvalue weighted by Crippen LogP contribution is 2.17. The first-order valence-electron chi connectivity index (χ1n) is 8.79. The normalized spacial score (nSPS) is 11.4. The second-order valence-corrected chi connectivity index (χ2v) is 6.12. The van der Waals surface area contributed by atoms with Gasteiger partial charge < -0.3 is 14.4 Å². The molecular formula is C22H19NO5. The summed E-state index contributed by atoms with van der Waals surface area (Å²) in [4.78, 5) is 36.2. The Morgan fingerprint density at radius 2 is 1.75 bits per heavy atom. The number of aromatic nitrogens is 1. The number of ether oxygens (including phenoxy) is 1. The summed E-state index contributed by atoms with van der Waals surface area (Å²) < 4.78 is 6.44. The van der Waals surface area contributed by atoms with E-state index in [2.05, 4.69) is 4.74 Å². The lowest BCUT2D eigenvalue weighted by Crippen LogP contribution is -2.18. The van der Waals surface area contributed by atoms with Crippen LogP contribution < -0.4 is 5.43 Å². The van der Waals surface area contributed by atoms with Crippen molar-refractivity contribution in [3.63, 3.8) is 0 Å². The number of carbonyl (C=O) groups excluding carboxylic acids is 2. The third-order valence-electron chi connectivity index (χ3n) is 4.20. The molecule has 142 valence electrons. The number of nitrogens with zero attached hydrogens (tertiary/aromatic N) is 1. The molecular weight excluding hydrogens is 358 g/mol. The number of aliphatic hydroxyl groups is 1. The van der Waals surface area contributed by atoms with Gasteiger partial charge in [-0.25, -0.2) is 4.79 Å². The summed E-state index contributed by atoms with van der Waals surface area (Å²) in [5.74, 6) is -2.68. The third kappa shape index (κ3) is 4.01. The zero-order valence-electron chi connectivity index (χ0n) is 15.3. The molecule has 0 spiro atoms. The Morgan fingerprint density at radius 3 is 2.46 bits per heavy atom. The van der Waals surface area contributed by atoms with Crippen LogP contribution in [0.15, 0.2) is 71.7 Å². The SMILES string of the molecule is CCOC(=O)C(=O)/C=C(\O)c1cn(Cc2ccccc2)c2ccccc2c1=O. The first kappa shape index (κ1) is 19.1. The third-order valence-corrected chi connectivity index (χ3v) is 4.20. The zero-order chi connectivity index (χ0) is 20.1. The predicted octanol–water partition coefficient (Wildman–Crippen LogP) is 3.08. The molecule has 0 atom stereocenters. The predicted molar refractivity (Wildman–Crippen MR) is 106 cm³/mol. The molecule has 0 fully saturated rings. The fourth-order valence-corrected chi connectivity index (χ4v) is 2.90. The molecule has 0 unspecified atom stereocenters. The van der Waals surface area contributed by atoms with Crippen LogP contribution in [0, 0.1) is 0 Å². The van der Waals surface area contributed by atoms with Crippen LogP contribution in [0.4, 0.5) is 0 Å². The minimum atomic E-state index is -1.08. The summed E-state index contributed by atoms with van der Waals surface area (Å²) in [6.07, 6.45) is 2.21. The molecule has 0 aliphatic carbocycles. The van der Waals surface area contributed by atoms with Crippen LogP contribution in [-0.2, 0) is 20.9 Å². The molecule has 0 radical (unpaired) electrons. The highest BCUT2D eigenvalue weighted by Gasteiger charge is 2.17. The molecule has 3 aromatic rings. The lowest BCUT2D eigenvalue weighted by molar-refractivity contribution is -0.151. The lowest BCUT2D eigenvalue weighted by Gasteiger charge is -2.13. The molecule has 1 N–H and O–H groups in total. The number of benzene rings is 2. The van der Waals surface area contributed by atoms with E-state index in [9.17, 15) is 19.5 Å². The minimum absolute atomic E-state index is 0.0407. The number of pyridine rings is 1. The van der Waals surface area contributed by atoms with Crippen molar-refractivity contribution in [1.82, 2.24) is 4.57 Å². The van der Waals surface area contributed by atoms with Gasteiger partial charge in [0.05, 0.1) is 17.7 Å². The van der Waals surface area contributed by atoms with Gasteiger partial charge >= 0.3 is 5.97 Å². The topological polar surface area (TPSA) is 85.6 Å². The van der Waals surface area contributed by atoms with E-state index in [1.807, 2.05) is 47.0 Å². The fourth-order valence-electron chi connectivity index (χ4n) is 2.90. The van der Waals surface area contributed by atoms with Gasteiger partial charge in [0.15, 0.2) is 5.43 Å². The first-order chi connectivity index (χ1) is 13.5. The average molecular weight is 377 g/mol. The van der Waals surface area contributed by atoms with Crippen molar-refractivity contribution in [3.05, 3.63) is 88.2 Å². The summed E-state index contributed by atoms with van der Waals surface area (Å²) in [7, 11) is 0. The highest BCUT2D eigenvalue weighted by molar-refractivity contribution is 6.39. The van der Waals surface area contributed by atoms with Crippen LogP contribution in [0.2, 0.25) is 0 Å². The summed E-state index contributed by atoms with van der Waals surface area (Å²) in [5.41, 5.74) is 1.22. The molecule has 0 saturated carbocycles. The smallest absolute Gasteiger partial charge is 0.379 e. The molecule has 1 aromatic heterocycles. The summed E-state index contributed by atoms with van der Waals surface area (Å²) in [6.45, 7) is 2.08. The molecule has 1 heterocycles. The van der Waals surface area contributed by atoms with Gasteiger partial charge in [0.2, 0.25) is 0 Å². The van der Waals surface area contributed by atoms with Crippen molar-refractivity contribution in [2.24, 2.45) is 0 Å². The summed E-state index contributed by atoms with van der Waals surface area (Å²) in [5, 5.41) is 10.8. The Labute approximate surface area is 161 Å². The second kappa shape index (κ2) is 8.35. The number of carbonyl (C=O) groups is 2. The van der Waals surface area contributed by atoms with E-state index in [-0.39, 0.29) is 12.2 Å². The average Bonchev–Trinajstić information content (AvgIpc) is 2.71. The van der Waals surface area contributed by atoms with Crippen LogP contribution in [0.5, 0.6) is 0 Å². The molecule has 2 aromatic carbocycles. The maximum Gasteiger partial charge on any atom is 0.379 e. The molecule has 6 heteroatoms. The van der Waals surface area contributed by atoms with Crippen molar-refractivity contribution < 1.29 is 19.4 Å². The van der Waals surface area contributed by atoms with Gasteiger partial charge in [0, 0.05) is 24.2 Å². The van der Waals surface area contributed by atoms with Crippen LogP contribution >= 0.6 is 0 Å². The van der Waals surface area contributed by atoms with E-state index in [1.165, 1.54) is 6.20 Å². The number of hydrogen-bond donors (Lipinski definition) is 1. The van der Waals surface area contributed by atoms with Crippen molar-refractivity contribution in [2.75, 3.05) is 6.61 Å². The van der Waals surface area contributed by atoms with Gasteiger partial charge in [-0.2, -0.15) is 0 Å².